The van der Waals surface area contributed by atoms with Gasteiger partial charge in [-0.25, -0.2) is 4.98 Å². The first-order valence-corrected chi connectivity index (χ1v) is 11.6. The van der Waals surface area contributed by atoms with Gasteiger partial charge in [0.2, 0.25) is 0 Å². The lowest BCUT2D eigenvalue weighted by atomic mass is 9.81. The van der Waals surface area contributed by atoms with Gasteiger partial charge in [0.05, 0.1) is 25.1 Å². The van der Waals surface area contributed by atoms with Crippen molar-refractivity contribution in [3.63, 3.8) is 0 Å². The highest BCUT2D eigenvalue weighted by Crippen LogP contribution is 2.30. The van der Waals surface area contributed by atoms with Crippen LogP contribution in [0.4, 0.5) is 0 Å². The normalized spacial score (nSPS) is 18.7. The molecule has 0 amide bonds. The molecule has 2 atom stereocenters. The minimum atomic E-state index is 0.0187. The second-order valence-corrected chi connectivity index (χ2v) is 8.93. The average molecular weight is 448 g/mol. The first kappa shape index (κ1) is 23.1. The van der Waals surface area contributed by atoms with Gasteiger partial charge in [0.15, 0.2) is 0 Å². The van der Waals surface area contributed by atoms with E-state index in [1.165, 1.54) is 6.42 Å². The van der Waals surface area contributed by atoms with Gasteiger partial charge in [0.25, 0.3) is 5.56 Å². The molecule has 174 valence electrons. The Morgan fingerprint density at radius 2 is 1.94 bits per heavy atom. The molecule has 1 aliphatic carbocycles. The van der Waals surface area contributed by atoms with Gasteiger partial charge in [0, 0.05) is 12.1 Å². The van der Waals surface area contributed by atoms with Crippen LogP contribution in [-0.4, -0.2) is 30.3 Å². The van der Waals surface area contributed by atoms with Crippen molar-refractivity contribution in [3.05, 3.63) is 63.7 Å². The molecule has 1 aromatic heterocycles. The maximum absolute atomic E-state index is 13.6. The smallest absolute Gasteiger partial charge is 0.261 e. The molecule has 0 saturated heterocycles. The third-order valence-electron chi connectivity index (χ3n) is 6.74. The second-order valence-electron chi connectivity index (χ2n) is 8.93. The van der Waals surface area contributed by atoms with Crippen LogP contribution < -0.4 is 20.8 Å². The third kappa shape index (κ3) is 4.96. The van der Waals surface area contributed by atoms with E-state index in [9.17, 15) is 4.79 Å². The summed E-state index contributed by atoms with van der Waals surface area (Å²) in [5.74, 6) is 3.08. The minimum absolute atomic E-state index is 0.0187. The number of methoxy groups -OCH3 is 2. The number of nitrogens with two attached hydrogens (primary N) is 1. The van der Waals surface area contributed by atoms with Crippen molar-refractivity contribution in [2.45, 2.75) is 39.2 Å². The van der Waals surface area contributed by atoms with E-state index in [-0.39, 0.29) is 5.56 Å². The molecule has 1 aliphatic rings. The molecule has 0 aliphatic heterocycles. The lowest BCUT2D eigenvalue weighted by Gasteiger charge is -2.29. The van der Waals surface area contributed by atoms with Crippen LogP contribution in [0.25, 0.3) is 23.1 Å². The van der Waals surface area contributed by atoms with E-state index >= 15 is 0 Å². The predicted molar refractivity (Wildman–Crippen MR) is 134 cm³/mol. The molecular weight excluding hydrogens is 414 g/mol. The van der Waals surface area contributed by atoms with E-state index in [0.717, 1.165) is 47.4 Å². The van der Waals surface area contributed by atoms with Crippen molar-refractivity contribution in [1.29, 1.82) is 0 Å². The van der Waals surface area contributed by atoms with Crippen LogP contribution >= 0.6 is 0 Å². The number of ether oxygens (including phenoxy) is 2. The van der Waals surface area contributed by atoms with Crippen molar-refractivity contribution < 1.29 is 9.47 Å². The molecule has 1 heterocycles. The number of nitrogens with zero attached hydrogens (tertiary/aromatic N) is 2. The van der Waals surface area contributed by atoms with Gasteiger partial charge in [0.1, 0.15) is 17.3 Å². The van der Waals surface area contributed by atoms with Crippen LogP contribution in [0.2, 0.25) is 0 Å². The molecule has 1 saturated carbocycles. The summed E-state index contributed by atoms with van der Waals surface area (Å²) in [5.41, 5.74) is 8.51. The molecule has 2 unspecified atom stereocenters. The third-order valence-corrected chi connectivity index (χ3v) is 6.74. The Morgan fingerprint density at radius 3 is 2.70 bits per heavy atom. The lowest BCUT2D eigenvalue weighted by Crippen LogP contribution is -2.31. The average Bonchev–Trinajstić information content (AvgIpc) is 2.84. The monoisotopic (exact) mass is 447 g/mol. The molecule has 33 heavy (non-hydrogen) atoms. The first-order valence-electron chi connectivity index (χ1n) is 11.6. The Kier molecular flexibility index (Phi) is 7.14. The summed E-state index contributed by atoms with van der Waals surface area (Å²) in [6, 6.07) is 11.5. The first-order chi connectivity index (χ1) is 16.0. The summed E-state index contributed by atoms with van der Waals surface area (Å²) in [7, 11) is 3.28. The summed E-state index contributed by atoms with van der Waals surface area (Å²) < 4.78 is 12.7. The second kappa shape index (κ2) is 10.2. The molecule has 2 N–H and O–H groups in total. The van der Waals surface area contributed by atoms with Crippen molar-refractivity contribution in [3.8, 4) is 11.5 Å². The molecule has 0 radical (unpaired) electrons. The summed E-state index contributed by atoms with van der Waals surface area (Å²) in [4.78, 5) is 18.5. The van der Waals surface area contributed by atoms with Crippen LogP contribution in [0.5, 0.6) is 11.5 Å². The highest BCUT2D eigenvalue weighted by atomic mass is 16.5. The van der Waals surface area contributed by atoms with Crippen LogP contribution in [0.3, 0.4) is 0 Å². The molecule has 1 fully saturated rings. The molecule has 0 spiro atoms. The van der Waals surface area contributed by atoms with Gasteiger partial charge >= 0.3 is 0 Å². The summed E-state index contributed by atoms with van der Waals surface area (Å²) in [6.45, 7) is 3.34. The number of aromatic nitrogens is 2. The van der Waals surface area contributed by atoms with Crippen molar-refractivity contribution >= 4 is 23.1 Å². The zero-order chi connectivity index (χ0) is 23.4. The van der Waals surface area contributed by atoms with Crippen molar-refractivity contribution in [2.24, 2.45) is 17.6 Å². The summed E-state index contributed by atoms with van der Waals surface area (Å²) in [5, 5.41) is 0.694. The van der Waals surface area contributed by atoms with Gasteiger partial charge in [-0.05, 0) is 86.5 Å². The molecule has 4 rings (SSSR count). The van der Waals surface area contributed by atoms with E-state index in [1.54, 1.807) is 14.2 Å². The maximum atomic E-state index is 13.6. The fraction of sp³-hybridized carbons (Fsp3) is 0.407. The SMILES string of the molecule is COc1ccc(OC)c(C=Cc2nc3cccc(C)c3c(=O)n2CC2CCCC(CN)C2)c1. The van der Waals surface area contributed by atoms with Gasteiger partial charge in [-0.3, -0.25) is 9.36 Å². The summed E-state index contributed by atoms with van der Waals surface area (Å²) >= 11 is 0. The molecule has 2 aromatic carbocycles. The van der Waals surface area contributed by atoms with E-state index in [1.807, 2.05) is 60.0 Å². The number of hydrogen-bond acceptors (Lipinski definition) is 5. The lowest BCUT2D eigenvalue weighted by molar-refractivity contribution is 0.245. The minimum Gasteiger partial charge on any atom is -0.497 e. The van der Waals surface area contributed by atoms with Gasteiger partial charge in [-0.15, -0.1) is 0 Å². The van der Waals surface area contributed by atoms with Gasteiger partial charge in [-0.2, -0.15) is 0 Å². The number of aryl methyl sites for hydroxylation is 1. The predicted octanol–water partition coefficient (Wildman–Crippen LogP) is 4.66. The largest absolute Gasteiger partial charge is 0.497 e. The zero-order valence-electron chi connectivity index (χ0n) is 19.7. The maximum Gasteiger partial charge on any atom is 0.261 e. The fourth-order valence-corrected chi connectivity index (χ4v) is 4.92. The Balaban J connectivity index is 1.79. The van der Waals surface area contributed by atoms with E-state index in [0.29, 0.717) is 36.1 Å². The molecule has 6 nitrogen and oxygen atoms in total. The van der Waals surface area contributed by atoms with Gasteiger partial charge < -0.3 is 15.2 Å². The number of fused-ring (bicyclic) bond motifs is 1. The standard InChI is InChI=1S/C27H33N3O3/c1-18-6-4-9-23-26(18)27(31)30(17-20-8-5-7-19(14-20)16-28)25(29-23)13-10-21-15-22(32-2)11-12-24(21)33-3/h4,6,9-13,15,19-20H,5,7-8,14,16-17,28H2,1-3H3. The Labute approximate surface area is 195 Å². The van der Waals surface area contributed by atoms with Crippen molar-refractivity contribution in [2.75, 3.05) is 20.8 Å². The van der Waals surface area contributed by atoms with Crippen LogP contribution in [0, 0.1) is 18.8 Å². The highest BCUT2D eigenvalue weighted by Gasteiger charge is 2.23. The highest BCUT2D eigenvalue weighted by molar-refractivity contribution is 5.82. The van der Waals surface area contributed by atoms with Crippen LogP contribution in [0.15, 0.2) is 41.2 Å². The molecule has 3 aromatic rings. The Morgan fingerprint density at radius 1 is 1.12 bits per heavy atom. The Bertz CT molecular complexity index is 1220. The van der Waals surface area contributed by atoms with Crippen LogP contribution in [0.1, 0.15) is 42.6 Å². The van der Waals surface area contributed by atoms with Gasteiger partial charge in [-0.1, -0.05) is 18.6 Å². The summed E-state index contributed by atoms with van der Waals surface area (Å²) in [6.07, 6.45) is 8.35. The number of rotatable bonds is 7. The molecule has 6 heteroatoms. The number of benzene rings is 2. The molecular formula is C27H33N3O3. The fourth-order valence-electron chi connectivity index (χ4n) is 4.92. The zero-order valence-corrected chi connectivity index (χ0v) is 19.7. The van der Waals surface area contributed by atoms with Crippen LogP contribution in [-0.2, 0) is 6.54 Å². The molecule has 0 bridgehead atoms. The topological polar surface area (TPSA) is 79.4 Å². The number of hydrogen-bond donors (Lipinski definition) is 1. The Hall–Kier alpha value is -3.12. The van der Waals surface area contributed by atoms with E-state index in [4.69, 9.17) is 20.2 Å². The van der Waals surface area contributed by atoms with E-state index in [2.05, 4.69) is 0 Å². The quantitative estimate of drug-likeness (QED) is 0.570. The van der Waals surface area contributed by atoms with E-state index < -0.39 is 0 Å². The van der Waals surface area contributed by atoms with Crippen molar-refractivity contribution in [1.82, 2.24) is 9.55 Å².